The fourth-order valence-corrected chi connectivity index (χ4v) is 4.65. The summed E-state index contributed by atoms with van der Waals surface area (Å²) in [5, 5.41) is 5.36. The second-order valence-corrected chi connectivity index (χ2v) is 11.3. The van der Waals surface area contributed by atoms with Gasteiger partial charge in [0, 0.05) is 40.1 Å². The van der Waals surface area contributed by atoms with Gasteiger partial charge in [-0.05, 0) is 63.4 Å². The molecule has 0 aliphatic carbocycles. The third-order valence-corrected chi connectivity index (χ3v) is 7.40. The maximum atomic E-state index is 13.2. The van der Waals surface area contributed by atoms with Crippen LogP contribution in [0.15, 0.2) is 65.2 Å². The highest BCUT2D eigenvalue weighted by molar-refractivity contribution is 7.90. The van der Waals surface area contributed by atoms with Crippen molar-refractivity contribution < 1.29 is 9.08 Å². The summed E-state index contributed by atoms with van der Waals surface area (Å²) in [5.74, 6) is 0. The first-order valence-corrected chi connectivity index (χ1v) is 12.5. The second kappa shape index (κ2) is 9.67. The number of fused-ring (bicyclic) bond motifs is 1. The molecule has 5 nitrogen and oxygen atoms in total. The SMILES string of the molecule is CCc1ccc(C)c(CC(N[S@@+]([O-])C(C)(C)C)c2ccccc2-c2noc3ccccc23)n1. The molecular formula is C27H31N3O2S. The molecule has 0 aliphatic rings. The van der Waals surface area contributed by atoms with Crippen LogP contribution in [0.5, 0.6) is 0 Å². The molecule has 0 bridgehead atoms. The molecule has 6 heteroatoms. The fourth-order valence-electron chi connectivity index (χ4n) is 3.83. The molecule has 2 aromatic heterocycles. The third-order valence-electron chi connectivity index (χ3n) is 5.79. The second-order valence-electron chi connectivity index (χ2n) is 9.29. The maximum Gasteiger partial charge on any atom is 0.167 e. The van der Waals surface area contributed by atoms with Gasteiger partial charge in [-0.2, -0.15) is 0 Å². The van der Waals surface area contributed by atoms with Crippen LogP contribution in [0.4, 0.5) is 0 Å². The van der Waals surface area contributed by atoms with Crippen LogP contribution >= 0.6 is 0 Å². The number of rotatable bonds is 7. The lowest BCUT2D eigenvalue weighted by Crippen LogP contribution is -2.42. The Kier molecular flexibility index (Phi) is 6.88. The van der Waals surface area contributed by atoms with Gasteiger partial charge in [0.25, 0.3) is 0 Å². The number of aromatic nitrogens is 2. The molecule has 0 aliphatic heterocycles. The lowest BCUT2D eigenvalue weighted by molar-refractivity contribution is 0.459. The highest BCUT2D eigenvalue weighted by atomic mass is 32.2. The third kappa shape index (κ3) is 5.13. The molecule has 33 heavy (non-hydrogen) atoms. The first-order valence-electron chi connectivity index (χ1n) is 11.3. The quantitative estimate of drug-likeness (QED) is 0.337. The van der Waals surface area contributed by atoms with Crippen LogP contribution in [0.1, 0.15) is 56.3 Å². The molecule has 2 heterocycles. The van der Waals surface area contributed by atoms with Gasteiger partial charge in [-0.3, -0.25) is 4.98 Å². The fraction of sp³-hybridized carbons (Fsp3) is 0.333. The summed E-state index contributed by atoms with van der Waals surface area (Å²) >= 11 is -1.26. The van der Waals surface area contributed by atoms with E-state index < -0.39 is 16.1 Å². The molecule has 4 rings (SSSR count). The van der Waals surface area contributed by atoms with Crippen molar-refractivity contribution in [1.82, 2.24) is 14.9 Å². The smallest absolute Gasteiger partial charge is 0.167 e. The van der Waals surface area contributed by atoms with E-state index in [1.807, 2.05) is 57.2 Å². The molecule has 0 saturated heterocycles. The molecule has 0 amide bonds. The van der Waals surface area contributed by atoms with Crippen molar-refractivity contribution in [3.05, 3.63) is 83.2 Å². The molecule has 1 unspecified atom stereocenters. The van der Waals surface area contributed by atoms with E-state index in [1.165, 1.54) is 0 Å². The zero-order valence-electron chi connectivity index (χ0n) is 19.9. The maximum absolute atomic E-state index is 13.2. The van der Waals surface area contributed by atoms with Crippen molar-refractivity contribution in [3.8, 4) is 11.3 Å². The largest absolute Gasteiger partial charge is 0.598 e. The molecule has 0 saturated carbocycles. The van der Waals surface area contributed by atoms with E-state index in [0.717, 1.165) is 51.2 Å². The van der Waals surface area contributed by atoms with Crippen LogP contribution in [0, 0.1) is 6.92 Å². The molecular weight excluding hydrogens is 430 g/mol. The minimum absolute atomic E-state index is 0.213. The standard InChI is InChI=1S/C27H31N3O2S/c1-6-19-16-15-18(2)23(28-19)17-24(30-33(31)27(3,4)5)20-11-7-8-12-21(20)26-22-13-9-10-14-25(22)32-29-26/h7-16,24,30H,6,17H2,1-5H3/t24?,33-/m0/s1. The van der Waals surface area contributed by atoms with Gasteiger partial charge in [-0.25, -0.2) is 0 Å². The number of hydrogen-bond acceptors (Lipinski definition) is 5. The minimum atomic E-state index is -1.26. The Bertz CT molecular complexity index is 1250. The number of nitrogens with one attached hydrogen (secondary N) is 1. The van der Waals surface area contributed by atoms with Crippen molar-refractivity contribution in [3.63, 3.8) is 0 Å². The Balaban J connectivity index is 1.81. The van der Waals surface area contributed by atoms with Crippen LogP contribution in [0.25, 0.3) is 22.2 Å². The molecule has 0 spiro atoms. The number of pyridine rings is 1. The van der Waals surface area contributed by atoms with E-state index >= 15 is 0 Å². The normalized spacial score (nSPS) is 13.9. The predicted octanol–water partition coefficient (Wildman–Crippen LogP) is 6.10. The zero-order chi connectivity index (χ0) is 23.6. The number of hydrogen-bond donors (Lipinski definition) is 1. The lowest BCUT2D eigenvalue weighted by Gasteiger charge is -2.29. The average Bonchev–Trinajstić information content (AvgIpc) is 3.23. The molecule has 2 aromatic carbocycles. The van der Waals surface area contributed by atoms with Crippen molar-refractivity contribution >= 4 is 22.3 Å². The van der Waals surface area contributed by atoms with Crippen LogP contribution in [0.3, 0.4) is 0 Å². The summed E-state index contributed by atoms with van der Waals surface area (Å²) in [4.78, 5) is 4.89. The molecule has 172 valence electrons. The van der Waals surface area contributed by atoms with E-state index in [2.05, 4.69) is 48.0 Å². The van der Waals surface area contributed by atoms with E-state index in [-0.39, 0.29) is 6.04 Å². The van der Waals surface area contributed by atoms with E-state index in [4.69, 9.17) is 9.51 Å². The Morgan fingerprint density at radius 1 is 1.03 bits per heavy atom. The molecule has 4 aromatic rings. The molecule has 2 atom stereocenters. The molecule has 0 fully saturated rings. The summed E-state index contributed by atoms with van der Waals surface area (Å²) in [6.45, 7) is 10.1. The van der Waals surface area contributed by atoms with Crippen LogP contribution in [0.2, 0.25) is 0 Å². The zero-order valence-corrected chi connectivity index (χ0v) is 20.7. The molecule has 1 N–H and O–H groups in total. The van der Waals surface area contributed by atoms with E-state index in [0.29, 0.717) is 6.42 Å². The summed E-state index contributed by atoms with van der Waals surface area (Å²) in [7, 11) is 0. The first kappa shape index (κ1) is 23.5. The average molecular weight is 462 g/mol. The van der Waals surface area contributed by atoms with Gasteiger partial charge >= 0.3 is 0 Å². The molecule has 0 radical (unpaired) electrons. The Labute approximate surface area is 198 Å². The van der Waals surface area contributed by atoms with E-state index in [9.17, 15) is 4.55 Å². The predicted molar refractivity (Wildman–Crippen MR) is 135 cm³/mol. The number of para-hydroxylation sites is 1. The van der Waals surface area contributed by atoms with Gasteiger partial charge in [0.1, 0.15) is 10.4 Å². The van der Waals surface area contributed by atoms with Crippen molar-refractivity contribution in [2.45, 2.75) is 58.2 Å². The highest BCUT2D eigenvalue weighted by Crippen LogP contribution is 2.35. The summed E-state index contributed by atoms with van der Waals surface area (Å²) in [6.07, 6.45) is 1.50. The Morgan fingerprint density at radius 2 is 1.76 bits per heavy atom. The number of nitrogens with zero attached hydrogens (tertiary/aromatic N) is 2. The van der Waals surface area contributed by atoms with Gasteiger partial charge in [0.05, 0.1) is 6.04 Å². The summed E-state index contributed by atoms with van der Waals surface area (Å²) in [5.41, 5.74) is 6.73. The number of benzene rings is 2. The number of aryl methyl sites for hydroxylation is 2. The minimum Gasteiger partial charge on any atom is -0.598 e. The topological polar surface area (TPSA) is 74.0 Å². The monoisotopic (exact) mass is 461 g/mol. The van der Waals surface area contributed by atoms with Gasteiger partial charge in [-0.15, -0.1) is 4.72 Å². The lowest BCUT2D eigenvalue weighted by atomic mass is 9.93. The van der Waals surface area contributed by atoms with Crippen LogP contribution in [-0.2, 0) is 24.2 Å². The van der Waals surface area contributed by atoms with Gasteiger partial charge in [-0.1, -0.05) is 54.5 Å². The van der Waals surface area contributed by atoms with Crippen LogP contribution in [-0.4, -0.2) is 19.4 Å². The van der Waals surface area contributed by atoms with E-state index in [1.54, 1.807) is 0 Å². The van der Waals surface area contributed by atoms with Gasteiger partial charge in [0.2, 0.25) is 0 Å². The Hall–Kier alpha value is -2.67. The summed E-state index contributed by atoms with van der Waals surface area (Å²) < 4.78 is 21.8. The van der Waals surface area contributed by atoms with Crippen molar-refractivity contribution in [1.29, 1.82) is 0 Å². The Morgan fingerprint density at radius 3 is 2.52 bits per heavy atom. The highest BCUT2D eigenvalue weighted by Gasteiger charge is 2.32. The van der Waals surface area contributed by atoms with Crippen LogP contribution < -0.4 is 4.72 Å². The van der Waals surface area contributed by atoms with Crippen molar-refractivity contribution in [2.24, 2.45) is 0 Å². The summed E-state index contributed by atoms with van der Waals surface area (Å²) in [6, 6.07) is 20.0. The van der Waals surface area contributed by atoms with Crippen molar-refractivity contribution in [2.75, 3.05) is 0 Å². The first-order chi connectivity index (χ1) is 15.8. The van der Waals surface area contributed by atoms with Gasteiger partial charge < -0.3 is 9.08 Å². The van der Waals surface area contributed by atoms with Gasteiger partial charge in [0.15, 0.2) is 5.58 Å².